The fourth-order valence-electron chi connectivity index (χ4n) is 2.75. The molecule has 1 saturated heterocycles. The van der Waals surface area contributed by atoms with Crippen LogP contribution in [0.1, 0.15) is 43.5 Å². The van der Waals surface area contributed by atoms with Gasteiger partial charge in [0, 0.05) is 6.42 Å². The van der Waals surface area contributed by atoms with Crippen LogP contribution < -0.4 is 4.90 Å². The third-order valence-corrected chi connectivity index (χ3v) is 4.51. The van der Waals surface area contributed by atoms with Crippen LogP contribution in [0.5, 0.6) is 0 Å². The molecule has 0 atom stereocenters. The van der Waals surface area contributed by atoms with Gasteiger partial charge in [-0.1, -0.05) is 31.5 Å². The molecule has 6 heteroatoms. The number of aromatic carboxylic acids is 1. The van der Waals surface area contributed by atoms with E-state index in [9.17, 15) is 19.5 Å². The maximum atomic E-state index is 12.7. The first-order valence-electron chi connectivity index (χ1n) is 6.77. The summed E-state index contributed by atoms with van der Waals surface area (Å²) in [5.74, 6) is -1.99. The molecule has 0 radical (unpaired) electrons. The lowest BCUT2D eigenvalue weighted by Crippen LogP contribution is -2.36. The maximum Gasteiger partial charge on any atom is 0.339 e. The Morgan fingerprint density at radius 3 is 2.43 bits per heavy atom. The highest BCUT2D eigenvalue weighted by molar-refractivity contribution is 6.35. The molecular formula is C15H16ClNO4. The number of amides is 2. The number of anilines is 1. The molecule has 0 spiro atoms. The molecule has 5 nitrogen and oxygen atoms in total. The predicted molar refractivity (Wildman–Crippen MR) is 78.5 cm³/mol. The largest absolute Gasteiger partial charge is 0.478 e. The summed E-state index contributed by atoms with van der Waals surface area (Å²) in [5, 5.41) is 9.30. The molecule has 1 aromatic carbocycles. The van der Waals surface area contributed by atoms with Crippen molar-refractivity contribution in [3.63, 3.8) is 0 Å². The maximum absolute atomic E-state index is 12.7. The third kappa shape index (κ3) is 2.31. The van der Waals surface area contributed by atoms with Gasteiger partial charge in [-0.05, 0) is 25.0 Å². The highest BCUT2D eigenvalue weighted by Crippen LogP contribution is 2.42. The fourth-order valence-corrected chi connectivity index (χ4v) is 3.00. The van der Waals surface area contributed by atoms with Crippen molar-refractivity contribution in [1.29, 1.82) is 0 Å². The van der Waals surface area contributed by atoms with Gasteiger partial charge in [0.15, 0.2) is 0 Å². The van der Waals surface area contributed by atoms with Crippen molar-refractivity contribution in [1.82, 2.24) is 0 Å². The van der Waals surface area contributed by atoms with Gasteiger partial charge in [-0.15, -0.1) is 0 Å². The number of carboxylic acids is 1. The highest BCUT2D eigenvalue weighted by Gasteiger charge is 2.50. The molecule has 0 bridgehead atoms. The smallest absolute Gasteiger partial charge is 0.339 e. The molecule has 21 heavy (non-hydrogen) atoms. The van der Waals surface area contributed by atoms with E-state index < -0.39 is 11.4 Å². The Morgan fingerprint density at radius 2 is 1.95 bits per heavy atom. The van der Waals surface area contributed by atoms with E-state index in [0.29, 0.717) is 12.8 Å². The van der Waals surface area contributed by atoms with Crippen LogP contribution >= 0.6 is 11.6 Å². The van der Waals surface area contributed by atoms with E-state index in [-0.39, 0.29) is 34.5 Å². The summed E-state index contributed by atoms with van der Waals surface area (Å²) >= 11 is 5.91. The number of hydrogen-bond donors (Lipinski definition) is 1. The van der Waals surface area contributed by atoms with E-state index in [4.69, 9.17) is 11.6 Å². The SMILES string of the molecule is CCC1(CC)CC(=O)N(c2cccc(Cl)c2C(=O)O)C1=O. The van der Waals surface area contributed by atoms with Crippen molar-refractivity contribution in [3.8, 4) is 0 Å². The van der Waals surface area contributed by atoms with E-state index >= 15 is 0 Å². The number of imide groups is 1. The molecule has 2 amide bonds. The monoisotopic (exact) mass is 309 g/mol. The molecule has 0 unspecified atom stereocenters. The Hall–Kier alpha value is -1.88. The second kappa shape index (κ2) is 5.48. The van der Waals surface area contributed by atoms with E-state index in [0.717, 1.165) is 4.90 Å². The molecule has 2 rings (SSSR count). The molecule has 0 saturated carbocycles. The predicted octanol–water partition coefficient (Wildman–Crippen LogP) is 3.11. The quantitative estimate of drug-likeness (QED) is 0.867. The lowest BCUT2D eigenvalue weighted by Gasteiger charge is -2.24. The summed E-state index contributed by atoms with van der Waals surface area (Å²) in [4.78, 5) is 37.3. The molecule has 112 valence electrons. The Balaban J connectivity index is 2.58. The van der Waals surface area contributed by atoms with E-state index in [1.165, 1.54) is 18.2 Å². The molecule has 1 fully saturated rings. The van der Waals surface area contributed by atoms with E-state index in [2.05, 4.69) is 0 Å². The van der Waals surface area contributed by atoms with Gasteiger partial charge in [0.25, 0.3) is 0 Å². The normalized spacial score (nSPS) is 17.4. The van der Waals surface area contributed by atoms with Crippen LogP contribution in [0.3, 0.4) is 0 Å². The van der Waals surface area contributed by atoms with Gasteiger partial charge in [-0.2, -0.15) is 0 Å². The average Bonchev–Trinajstić information content (AvgIpc) is 2.69. The van der Waals surface area contributed by atoms with Crippen molar-refractivity contribution in [3.05, 3.63) is 28.8 Å². The lowest BCUT2D eigenvalue weighted by molar-refractivity contribution is -0.126. The van der Waals surface area contributed by atoms with Gasteiger partial charge in [0.1, 0.15) is 5.56 Å². The van der Waals surface area contributed by atoms with Gasteiger partial charge in [0.2, 0.25) is 11.8 Å². The number of rotatable bonds is 4. The Labute approximate surface area is 127 Å². The first-order chi connectivity index (χ1) is 9.88. The summed E-state index contributed by atoms with van der Waals surface area (Å²) in [6, 6.07) is 4.39. The molecule has 1 aliphatic heterocycles. The van der Waals surface area contributed by atoms with Gasteiger partial charge >= 0.3 is 5.97 Å². The van der Waals surface area contributed by atoms with Crippen LogP contribution in [0.2, 0.25) is 5.02 Å². The van der Waals surface area contributed by atoms with Crippen LogP contribution in [0.15, 0.2) is 18.2 Å². The summed E-state index contributed by atoms with van der Waals surface area (Å²) in [5.41, 5.74) is -0.910. The fraction of sp³-hybridized carbons (Fsp3) is 0.400. The molecule has 1 heterocycles. The number of hydrogen-bond acceptors (Lipinski definition) is 3. The zero-order valence-electron chi connectivity index (χ0n) is 11.9. The minimum absolute atomic E-state index is 0.00565. The standard InChI is InChI=1S/C15H16ClNO4/c1-3-15(4-2)8-11(18)17(14(15)21)10-7-5-6-9(16)12(10)13(19)20/h5-7H,3-4,8H2,1-2H3,(H,19,20). The Bertz CT molecular complexity index is 622. The Kier molecular flexibility index (Phi) is 4.05. The third-order valence-electron chi connectivity index (χ3n) is 4.20. The second-order valence-electron chi connectivity index (χ2n) is 5.14. The first-order valence-corrected chi connectivity index (χ1v) is 7.15. The van der Waals surface area contributed by atoms with E-state index in [1.807, 2.05) is 13.8 Å². The zero-order valence-corrected chi connectivity index (χ0v) is 12.6. The molecule has 0 aliphatic carbocycles. The summed E-state index contributed by atoms with van der Waals surface area (Å²) in [6.07, 6.45) is 1.17. The number of benzene rings is 1. The minimum Gasteiger partial charge on any atom is -0.478 e. The second-order valence-corrected chi connectivity index (χ2v) is 5.54. The van der Waals surface area contributed by atoms with E-state index in [1.54, 1.807) is 0 Å². The van der Waals surface area contributed by atoms with Crippen molar-refractivity contribution in [2.24, 2.45) is 5.41 Å². The number of halogens is 1. The highest BCUT2D eigenvalue weighted by atomic mass is 35.5. The summed E-state index contributed by atoms with van der Waals surface area (Å²) in [6.45, 7) is 3.71. The van der Waals surface area contributed by atoms with Crippen LogP contribution in [0.4, 0.5) is 5.69 Å². The number of carbonyl (C=O) groups is 3. The summed E-state index contributed by atoms with van der Waals surface area (Å²) < 4.78 is 0. The number of carbonyl (C=O) groups excluding carboxylic acids is 2. The average molecular weight is 310 g/mol. The summed E-state index contributed by atoms with van der Waals surface area (Å²) in [7, 11) is 0. The Morgan fingerprint density at radius 1 is 1.33 bits per heavy atom. The first kappa shape index (κ1) is 15.5. The van der Waals surface area contributed by atoms with Crippen LogP contribution in [-0.4, -0.2) is 22.9 Å². The van der Waals surface area contributed by atoms with Crippen molar-refractivity contribution in [2.75, 3.05) is 4.90 Å². The molecule has 1 aliphatic rings. The topological polar surface area (TPSA) is 74.7 Å². The number of carboxylic acid groups (broad SMARTS) is 1. The van der Waals surface area contributed by atoms with Crippen LogP contribution in [0, 0.1) is 5.41 Å². The molecule has 0 aromatic heterocycles. The van der Waals surface area contributed by atoms with Crippen LogP contribution in [-0.2, 0) is 9.59 Å². The van der Waals surface area contributed by atoms with Gasteiger partial charge in [-0.3, -0.25) is 9.59 Å². The van der Waals surface area contributed by atoms with Gasteiger partial charge in [0.05, 0.1) is 16.1 Å². The van der Waals surface area contributed by atoms with Crippen molar-refractivity contribution in [2.45, 2.75) is 33.1 Å². The lowest BCUT2D eigenvalue weighted by atomic mass is 9.81. The van der Waals surface area contributed by atoms with Crippen molar-refractivity contribution >= 4 is 35.1 Å². The molecule has 1 N–H and O–H groups in total. The molecule has 1 aromatic rings. The zero-order chi connectivity index (χ0) is 15.8. The number of nitrogens with zero attached hydrogens (tertiary/aromatic N) is 1. The van der Waals surface area contributed by atoms with Gasteiger partial charge < -0.3 is 5.11 Å². The molecular weight excluding hydrogens is 294 g/mol. The van der Waals surface area contributed by atoms with Crippen LogP contribution in [0.25, 0.3) is 0 Å². The minimum atomic E-state index is -1.26. The van der Waals surface area contributed by atoms with Crippen molar-refractivity contribution < 1.29 is 19.5 Å². The van der Waals surface area contributed by atoms with Gasteiger partial charge in [-0.25, -0.2) is 9.69 Å².